The van der Waals surface area contributed by atoms with E-state index in [0.717, 1.165) is 10.6 Å². The second kappa shape index (κ2) is 9.29. The van der Waals surface area contributed by atoms with Crippen LogP contribution >= 0.6 is 11.3 Å². The van der Waals surface area contributed by atoms with E-state index in [9.17, 15) is 9.59 Å². The van der Waals surface area contributed by atoms with Gasteiger partial charge >= 0.3 is 0 Å². The number of oxazole rings is 1. The molecule has 28 heavy (non-hydrogen) atoms. The molecule has 2 N–H and O–H groups in total. The highest BCUT2D eigenvalue weighted by Crippen LogP contribution is 2.24. The summed E-state index contributed by atoms with van der Waals surface area (Å²) in [6.07, 6.45) is 1.64. The number of rotatable bonds is 8. The van der Waals surface area contributed by atoms with Gasteiger partial charge in [-0.1, -0.05) is 13.0 Å². The molecule has 0 unspecified atom stereocenters. The molecule has 7 nitrogen and oxygen atoms in total. The summed E-state index contributed by atoms with van der Waals surface area (Å²) in [5.41, 5.74) is 2.16. The molecule has 0 atom stereocenters. The van der Waals surface area contributed by atoms with Gasteiger partial charge in [-0.3, -0.25) is 14.5 Å². The highest BCUT2D eigenvalue weighted by Gasteiger charge is 2.14. The predicted molar refractivity (Wildman–Crippen MR) is 110 cm³/mol. The predicted octanol–water partition coefficient (Wildman–Crippen LogP) is 3.82. The maximum atomic E-state index is 12.4. The summed E-state index contributed by atoms with van der Waals surface area (Å²) < 4.78 is 5.54. The molecule has 0 aliphatic heterocycles. The van der Waals surface area contributed by atoms with Gasteiger partial charge in [-0.25, -0.2) is 4.98 Å². The van der Waals surface area contributed by atoms with Crippen LogP contribution in [0.3, 0.4) is 0 Å². The van der Waals surface area contributed by atoms with E-state index in [1.165, 1.54) is 6.92 Å². The van der Waals surface area contributed by atoms with Gasteiger partial charge in [0.05, 0.1) is 17.1 Å². The van der Waals surface area contributed by atoms with Gasteiger partial charge in [0, 0.05) is 24.8 Å². The molecule has 0 aliphatic carbocycles. The molecule has 2 aromatic heterocycles. The number of likely N-dealkylation sites (N-methyl/N-ethyl adjacent to an activating group) is 1. The van der Waals surface area contributed by atoms with Gasteiger partial charge in [-0.15, -0.1) is 11.3 Å². The van der Waals surface area contributed by atoms with Crippen molar-refractivity contribution in [1.29, 1.82) is 0 Å². The molecule has 0 bridgehead atoms. The van der Waals surface area contributed by atoms with E-state index in [-0.39, 0.29) is 18.4 Å². The first-order valence-corrected chi connectivity index (χ1v) is 9.79. The van der Waals surface area contributed by atoms with E-state index in [1.807, 2.05) is 29.3 Å². The third-order valence-electron chi connectivity index (χ3n) is 3.97. The Kier molecular flexibility index (Phi) is 6.57. The third kappa shape index (κ3) is 5.51. The minimum atomic E-state index is -0.134. The zero-order valence-corrected chi connectivity index (χ0v) is 16.6. The molecule has 0 fully saturated rings. The standard InChI is InChI=1S/C20H22N4O3S/c1-3-24(11-17-13-27-20(23-17)18-5-4-10-28-18)12-19(26)22-16-8-6-15(7-9-16)21-14(2)25/h4-10,13H,3,11-12H2,1-2H3,(H,21,25)(H,22,26). The zero-order chi connectivity index (χ0) is 19.9. The number of aromatic nitrogens is 1. The summed E-state index contributed by atoms with van der Waals surface area (Å²) in [7, 11) is 0. The molecule has 0 aliphatic rings. The summed E-state index contributed by atoms with van der Waals surface area (Å²) in [6, 6.07) is 10.9. The first-order chi connectivity index (χ1) is 13.5. The van der Waals surface area contributed by atoms with Crippen molar-refractivity contribution in [1.82, 2.24) is 9.88 Å². The molecule has 3 rings (SSSR count). The van der Waals surface area contributed by atoms with Crippen LogP contribution in [0.1, 0.15) is 19.5 Å². The van der Waals surface area contributed by atoms with Crippen molar-refractivity contribution in [3.8, 4) is 10.8 Å². The van der Waals surface area contributed by atoms with Crippen molar-refractivity contribution in [3.63, 3.8) is 0 Å². The van der Waals surface area contributed by atoms with Crippen LogP contribution < -0.4 is 10.6 Å². The van der Waals surface area contributed by atoms with Gasteiger partial charge in [0.25, 0.3) is 0 Å². The number of amides is 2. The van der Waals surface area contributed by atoms with E-state index < -0.39 is 0 Å². The first kappa shape index (κ1) is 19.8. The molecule has 0 saturated heterocycles. The van der Waals surface area contributed by atoms with Crippen LogP contribution in [0.25, 0.3) is 10.8 Å². The highest BCUT2D eigenvalue weighted by atomic mass is 32.1. The molecular weight excluding hydrogens is 376 g/mol. The largest absolute Gasteiger partial charge is 0.444 e. The van der Waals surface area contributed by atoms with Crippen LogP contribution in [-0.2, 0) is 16.1 Å². The molecule has 3 aromatic rings. The fourth-order valence-electron chi connectivity index (χ4n) is 2.65. The topological polar surface area (TPSA) is 87.5 Å². The molecule has 2 heterocycles. The number of anilines is 2. The lowest BCUT2D eigenvalue weighted by Gasteiger charge is -2.18. The van der Waals surface area contributed by atoms with E-state index in [0.29, 0.717) is 30.4 Å². The van der Waals surface area contributed by atoms with Gasteiger partial charge in [0.1, 0.15) is 6.26 Å². The number of carbonyl (C=O) groups is 2. The number of benzene rings is 1. The van der Waals surface area contributed by atoms with E-state index in [2.05, 4.69) is 15.6 Å². The monoisotopic (exact) mass is 398 g/mol. The average molecular weight is 398 g/mol. The van der Waals surface area contributed by atoms with Crippen molar-refractivity contribution < 1.29 is 14.0 Å². The van der Waals surface area contributed by atoms with Gasteiger partial charge in [-0.05, 0) is 42.3 Å². The number of carbonyl (C=O) groups excluding carboxylic acids is 2. The van der Waals surface area contributed by atoms with Gasteiger partial charge in [0.15, 0.2) is 0 Å². The lowest BCUT2D eigenvalue weighted by molar-refractivity contribution is -0.117. The number of nitrogens with one attached hydrogen (secondary N) is 2. The molecule has 1 aromatic carbocycles. The van der Waals surface area contributed by atoms with Gasteiger partial charge < -0.3 is 15.1 Å². The Morgan fingerprint density at radius 3 is 2.46 bits per heavy atom. The maximum Gasteiger partial charge on any atom is 0.238 e. The Hall–Kier alpha value is -2.97. The quantitative estimate of drug-likeness (QED) is 0.602. The van der Waals surface area contributed by atoms with Crippen LogP contribution in [0.4, 0.5) is 11.4 Å². The molecule has 0 spiro atoms. The van der Waals surface area contributed by atoms with Crippen molar-refractivity contribution >= 4 is 34.5 Å². The molecule has 0 saturated carbocycles. The zero-order valence-electron chi connectivity index (χ0n) is 15.8. The van der Waals surface area contributed by atoms with Crippen LogP contribution in [0.5, 0.6) is 0 Å². The Morgan fingerprint density at radius 1 is 1.14 bits per heavy atom. The minimum Gasteiger partial charge on any atom is -0.444 e. The third-order valence-corrected chi connectivity index (χ3v) is 4.83. The molecule has 146 valence electrons. The number of thiophene rings is 1. The van der Waals surface area contributed by atoms with Gasteiger partial charge in [0.2, 0.25) is 17.7 Å². The van der Waals surface area contributed by atoms with Crippen molar-refractivity contribution in [3.05, 3.63) is 53.7 Å². The summed E-state index contributed by atoms with van der Waals surface area (Å²) in [5, 5.41) is 7.53. The molecular formula is C20H22N4O3S. The normalized spacial score (nSPS) is 10.8. The molecule has 8 heteroatoms. The Bertz CT molecular complexity index is 919. The maximum absolute atomic E-state index is 12.4. The number of hydrogen-bond acceptors (Lipinski definition) is 6. The summed E-state index contributed by atoms with van der Waals surface area (Å²) >= 11 is 1.57. The minimum absolute atomic E-state index is 0.115. The Labute approximate surface area is 167 Å². The summed E-state index contributed by atoms with van der Waals surface area (Å²) in [6.45, 7) is 4.92. The number of nitrogens with zero attached hydrogens (tertiary/aromatic N) is 2. The second-order valence-corrected chi connectivity index (χ2v) is 7.18. The summed E-state index contributed by atoms with van der Waals surface area (Å²) in [4.78, 5) is 30.9. The van der Waals surface area contributed by atoms with Crippen LogP contribution in [0, 0.1) is 0 Å². The SMILES string of the molecule is CCN(CC(=O)Nc1ccc(NC(C)=O)cc1)Cc1coc(-c2cccs2)n1. The summed E-state index contributed by atoms with van der Waals surface area (Å²) in [5.74, 6) is 0.353. The lowest BCUT2D eigenvalue weighted by Crippen LogP contribution is -2.32. The Morgan fingerprint density at radius 2 is 1.86 bits per heavy atom. The smallest absolute Gasteiger partial charge is 0.238 e. The lowest BCUT2D eigenvalue weighted by atomic mass is 10.2. The first-order valence-electron chi connectivity index (χ1n) is 8.91. The Balaban J connectivity index is 1.54. The second-order valence-electron chi connectivity index (χ2n) is 6.23. The fourth-order valence-corrected chi connectivity index (χ4v) is 3.30. The number of hydrogen-bond donors (Lipinski definition) is 2. The fraction of sp³-hybridized carbons (Fsp3) is 0.250. The van der Waals surface area contributed by atoms with E-state index >= 15 is 0 Å². The van der Waals surface area contributed by atoms with Crippen molar-refractivity contribution in [2.75, 3.05) is 23.7 Å². The van der Waals surface area contributed by atoms with E-state index in [1.54, 1.807) is 41.9 Å². The highest BCUT2D eigenvalue weighted by molar-refractivity contribution is 7.13. The van der Waals surface area contributed by atoms with Gasteiger partial charge in [-0.2, -0.15) is 0 Å². The van der Waals surface area contributed by atoms with Crippen molar-refractivity contribution in [2.24, 2.45) is 0 Å². The van der Waals surface area contributed by atoms with Crippen LogP contribution in [-0.4, -0.2) is 34.8 Å². The molecule has 2 amide bonds. The van der Waals surface area contributed by atoms with Crippen LogP contribution in [0.15, 0.2) is 52.5 Å². The van der Waals surface area contributed by atoms with Crippen LogP contribution in [0.2, 0.25) is 0 Å². The average Bonchev–Trinajstić information content (AvgIpc) is 3.34. The van der Waals surface area contributed by atoms with Crippen molar-refractivity contribution in [2.45, 2.75) is 20.4 Å². The van der Waals surface area contributed by atoms with E-state index in [4.69, 9.17) is 4.42 Å². The molecule has 0 radical (unpaired) electrons.